The van der Waals surface area contributed by atoms with Crippen molar-refractivity contribution in [3.05, 3.63) is 28.4 Å². The minimum atomic E-state index is -5.08. The van der Waals surface area contributed by atoms with E-state index >= 15 is 0 Å². The predicted octanol–water partition coefficient (Wildman–Crippen LogP) is 2.37. The van der Waals surface area contributed by atoms with Crippen molar-refractivity contribution in [2.45, 2.75) is 31.5 Å². The molecule has 4 rings (SSSR count). The van der Waals surface area contributed by atoms with Crippen LogP contribution in [-0.2, 0) is 14.3 Å². The number of piperidine rings is 1. The van der Waals surface area contributed by atoms with Gasteiger partial charge in [-0.25, -0.2) is 4.79 Å². The van der Waals surface area contributed by atoms with E-state index in [0.29, 0.717) is 18.5 Å². The molecule has 2 aliphatic rings. The lowest BCUT2D eigenvalue weighted by Gasteiger charge is -2.29. The van der Waals surface area contributed by atoms with Crippen molar-refractivity contribution in [3.8, 4) is 0 Å². The number of esters is 1. The molecule has 1 aromatic carbocycles. The fourth-order valence-electron chi connectivity index (χ4n) is 3.72. The number of halogens is 4. The lowest BCUT2D eigenvalue weighted by Crippen LogP contribution is -2.39. The average molecular weight is 521 g/mol. The highest BCUT2D eigenvalue weighted by Crippen LogP contribution is 2.41. The van der Waals surface area contributed by atoms with Crippen molar-refractivity contribution in [2.75, 3.05) is 19.6 Å². The number of aliphatic carboxylic acids is 1. The zero-order valence-electron chi connectivity index (χ0n) is 16.6. The van der Waals surface area contributed by atoms with Crippen LogP contribution >= 0.6 is 15.9 Å². The molecule has 9 nitrogen and oxygen atoms in total. The molecular weight excluding hydrogens is 501 g/mol. The number of ether oxygens (including phenoxy) is 1. The number of hydrogen-bond donors (Lipinski definition) is 4. The van der Waals surface area contributed by atoms with Gasteiger partial charge in [0.1, 0.15) is 6.10 Å². The third-order valence-corrected chi connectivity index (χ3v) is 6.01. The van der Waals surface area contributed by atoms with Gasteiger partial charge in [-0.2, -0.15) is 18.3 Å². The Morgan fingerprint density at radius 2 is 1.97 bits per heavy atom. The number of carbonyl (C=O) groups excluding carboxylic acids is 2. The summed E-state index contributed by atoms with van der Waals surface area (Å²) in [6.45, 7) is 2.01. The Balaban J connectivity index is 0.000000360. The Labute approximate surface area is 188 Å². The molecule has 4 N–H and O–H groups in total. The van der Waals surface area contributed by atoms with Gasteiger partial charge in [-0.1, -0.05) is 0 Å². The van der Waals surface area contributed by atoms with Crippen LogP contribution in [0.25, 0.3) is 10.9 Å². The van der Waals surface area contributed by atoms with Crippen LogP contribution in [0.2, 0.25) is 0 Å². The van der Waals surface area contributed by atoms with Gasteiger partial charge in [-0.05, 0) is 54.0 Å². The minimum absolute atomic E-state index is 0.115. The van der Waals surface area contributed by atoms with Crippen LogP contribution in [-0.4, -0.2) is 65.1 Å². The van der Waals surface area contributed by atoms with Crippen molar-refractivity contribution in [1.82, 2.24) is 20.8 Å². The molecule has 0 saturated carbocycles. The van der Waals surface area contributed by atoms with E-state index in [1.807, 2.05) is 0 Å². The number of alkyl halides is 3. The number of rotatable bonds is 3. The number of nitrogens with zero attached hydrogens (tertiary/aromatic N) is 1. The molecule has 1 spiro atoms. The van der Waals surface area contributed by atoms with Crippen molar-refractivity contribution in [3.63, 3.8) is 0 Å². The average Bonchev–Trinajstić information content (AvgIpc) is 3.32. The number of aromatic amines is 1. The van der Waals surface area contributed by atoms with E-state index in [2.05, 4.69) is 36.8 Å². The second-order valence-corrected chi connectivity index (χ2v) is 8.42. The van der Waals surface area contributed by atoms with E-state index in [1.54, 1.807) is 18.3 Å². The number of amides is 1. The van der Waals surface area contributed by atoms with Gasteiger partial charge in [0.15, 0.2) is 0 Å². The molecule has 0 bridgehead atoms. The molecule has 0 aliphatic carbocycles. The number of fused-ring (bicyclic) bond motifs is 1. The molecule has 13 heteroatoms. The lowest BCUT2D eigenvalue weighted by atomic mass is 9.76. The third-order valence-electron chi connectivity index (χ3n) is 5.38. The van der Waals surface area contributed by atoms with Gasteiger partial charge in [-0.3, -0.25) is 14.7 Å². The number of carbonyl (C=O) groups is 3. The number of nitrogens with one attached hydrogen (secondary N) is 3. The SMILES string of the molecule is O=C(NCC1CC2(CCNCC2)C(=O)O1)c1cc(Br)c2[nH]ncc2c1.O=C(O)C(F)(F)F. The molecule has 2 fully saturated rings. The second-order valence-electron chi connectivity index (χ2n) is 7.57. The number of hydrogen-bond acceptors (Lipinski definition) is 6. The minimum Gasteiger partial charge on any atom is -0.475 e. The summed E-state index contributed by atoms with van der Waals surface area (Å²) in [6.07, 6.45) is -1.37. The summed E-state index contributed by atoms with van der Waals surface area (Å²) < 4.78 is 38.0. The number of H-pyrrole nitrogens is 1. The number of carboxylic acid groups (broad SMARTS) is 1. The fourth-order valence-corrected chi connectivity index (χ4v) is 4.28. The summed E-state index contributed by atoms with van der Waals surface area (Å²) in [5, 5.41) is 21.0. The van der Waals surface area contributed by atoms with Crippen LogP contribution in [0.5, 0.6) is 0 Å². The Morgan fingerprint density at radius 1 is 1.31 bits per heavy atom. The molecule has 2 aliphatic heterocycles. The van der Waals surface area contributed by atoms with Crippen molar-refractivity contribution >= 4 is 44.7 Å². The van der Waals surface area contributed by atoms with Gasteiger partial charge in [0.2, 0.25) is 0 Å². The number of benzene rings is 1. The van der Waals surface area contributed by atoms with Crippen LogP contribution in [0.15, 0.2) is 22.8 Å². The van der Waals surface area contributed by atoms with Crippen LogP contribution in [0, 0.1) is 5.41 Å². The monoisotopic (exact) mass is 520 g/mol. The van der Waals surface area contributed by atoms with Crippen LogP contribution in [0.3, 0.4) is 0 Å². The summed E-state index contributed by atoms with van der Waals surface area (Å²) in [6, 6.07) is 3.54. The largest absolute Gasteiger partial charge is 0.490 e. The highest BCUT2D eigenvalue weighted by atomic mass is 79.9. The van der Waals surface area contributed by atoms with Gasteiger partial charge in [-0.15, -0.1) is 0 Å². The summed E-state index contributed by atoms with van der Waals surface area (Å²) >= 11 is 3.44. The Kier molecular flexibility index (Phi) is 7.08. The highest BCUT2D eigenvalue weighted by Gasteiger charge is 2.49. The first-order valence-corrected chi connectivity index (χ1v) is 10.4. The zero-order chi connectivity index (χ0) is 23.5. The highest BCUT2D eigenvalue weighted by molar-refractivity contribution is 9.10. The molecular formula is C19H20BrF3N4O5. The van der Waals surface area contributed by atoms with E-state index in [1.165, 1.54) is 0 Å². The van der Waals surface area contributed by atoms with Crippen LogP contribution in [0.4, 0.5) is 13.2 Å². The second kappa shape index (κ2) is 9.45. The summed E-state index contributed by atoms with van der Waals surface area (Å²) in [5.74, 6) is -3.06. The molecule has 174 valence electrons. The quantitative estimate of drug-likeness (QED) is 0.456. The number of cyclic esters (lactones) is 1. The molecule has 1 aromatic heterocycles. The first kappa shape index (κ1) is 24.0. The molecule has 1 amide bonds. The third kappa shape index (κ3) is 5.38. The summed E-state index contributed by atoms with van der Waals surface area (Å²) in [7, 11) is 0. The van der Waals surface area contributed by atoms with Gasteiger partial charge in [0.25, 0.3) is 5.91 Å². The van der Waals surface area contributed by atoms with E-state index in [9.17, 15) is 22.8 Å². The standard InChI is InChI=1S/C17H19BrN4O3.C2HF3O2/c18-13-6-10(5-11-8-21-22-14(11)13)15(23)20-9-12-7-17(16(24)25-12)1-3-19-4-2-17;3-2(4,5)1(6)7/h5-6,8,12,19H,1-4,7,9H2,(H,20,23)(H,21,22);(H,6,7). The van der Waals surface area contributed by atoms with Gasteiger partial charge >= 0.3 is 18.1 Å². The molecule has 1 atom stereocenters. The van der Waals surface area contributed by atoms with Crippen LogP contribution < -0.4 is 10.6 Å². The maximum Gasteiger partial charge on any atom is 0.490 e. The molecule has 1 unspecified atom stereocenters. The van der Waals surface area contributed by atoms with E-state index in [0.717, 1.165) is 41.3 Å². The zero-order valence-corrected chi connectivity index (χ0v) is 18.2. The summed E-state index contributed by atoms with van der Waals surface area (Å²) in [4.78, 5) is 33.6. The van der Waals surface area contributed by atoms with Crippen LogP contribution in [0.1, 0.15) is 29.6 Å². The molecule has 32 heavy (non-hydrogen) atoms. The van der Waals surface area contributed by atoms with Crippen molar-refractivity contribution in [2.24, 2.45) is 5.41 Å². The van der Waals surface area contributed by atoms with Crippen molar-refractivity contribution in [1.29, 1.82) is 0 Å². The fraction of sp³-hybridized carbons (Fsp3) is 0.474. The van der Waals surface area contributed by atoms with Gasteiger partial charge < -0.3 is 20.5 Å². The Hall–Kier alpha value is -2.67. The normalized spacial score (nSPS) is 19.9. The molecule has 2 saturated heterocycles. The Bertz CT molecular complexity index is 1020. The van der Waals surface area contributed by atoms with Gasteiger partial charge in [0, 0.05) is 21.8 Å². The molecule has 0 radical (unpaired) electrons. The van der Waals surface area contributed by atoms with Crippen molar-refractivity contribution < 1.29 is 37.4 Å². The first-order valence-electron chi connectivity index (χ1n) is 9.64. The first-order chi connectivity index (χ1) is 15.0. The molecule has 3 heterocycles. The maximum atomic E-state index is 12.5. The number of aromatic nitrogens is 2. The molecule has 2 aromatic rings. The smallest absolute Gasteiger partial charge is 0.475 e. The van der Waals surface area contributed by atoms with E-state index in [-0.39, 0.29) is 23.4 Å². The maximum absolute atomic E-state index is 12.5. The Morgan fingerprint density at radius 3 is 2.59 bits per heavy atom. The number of carboxylic acids is 1. The van der Waals surface area contributed by atoms with E-state index in [4.69, 9.17) is 14.6 Å². The van der Waals surface area contributed by atoms with E-state index < -0.39 is 12.1 Å². The predicted molar refractivity (Wildman–Crippen MR) is 109 cm³/mol. The topological polar surface area (TPSA) is 133 Å². The summed E-state index contributed by atoms with van der Waals surface area (Å²) in [5.41, 5.74) is 1.04. The van der Waals surface area contributed by atoms with Gasteiger partial charge in [0.05, 0.1) is 23.7 Å². The lowest BCUT2D eigenvalue weighted by molar-refractivity contribution is -0.192.